The number of amides is 1. The summed E-state index contributed by atoms with van der Waals surface area (Å²) in [5.74, 6) is 1.10. The van der Waals surface area contributed by atoms with E-state index >= 15 is 0 Å². The molecule has 1 atom stereocenters. The maximum atomic E-state index is 12.7. The van der Waals surface area contributed by atoms with Gasteiger partial charge in [-0.2, -0.15) is 4.31 Å². The van der Waals surface area contributed by atoms with Gasteiger partial charge in [0.1, 0.15) is 17.5 Å². The third kappa shape index (κ3) is 3.99. The smallest absolute Gasteiger partial charge is 0.241 e. The van der Waals surface area contributed by atoms with Crippen LogP contribution in [-0.2, 0) is 21.4 Å². The van der Waals surface area contributed by atoms with Gasteiger partial charge >= 0.3 is 0 Å². The van der Waals surface area contributed by atoms with Gasteiger partial charge in [-0.05, 0) is 25.0 Å². The van der Waals surface area contributed by atoms with Crippen LogP contribution in [0.2, 0.25) is 0 Å². The highest BCUT2D eigenvalue weighted by Gasteiger charge is 2.37. The number of sulfonamides is 1. The van der Waals surface area contributed by atoms with Gasteiger partial charge in [-0.15, -0.1) is 0 Å². The largest absolute Gasteiger partial charge is 0.497 e. The maximum Gasteiger partial charge on any atom is 0.241 e. The van der Waals surface area contributed by atoms with Gasteiger partial charge in [0.15, 0.2) is 0 Å². The van der Waals surface area contributed by atoms with Crippen LogP contribution in [0, 0.1) is 0 Å². The van der Waals surface area contributed by atoms with Gasteiger partial charge in [-0.3, -0.25) is 4.79 Å². The van der Waals surface area contributed by atoms with Crippen LogP contribution in [0.1, 0.15) is 18.4 Å². The van der Waals surface area contributed by atoms with E-state index in [-0.39, 0.29) is 5.91 Å². The predicted octanol–water partition coefficient (Wildman–Crippen LogP) is 1.09. The first kappa shape index (κ1) is 18.5. The van der Waals surface area contributed by atoms with Crippen LogP contribution < -0.4 is 9.47 Å². The summed E-state index contributed by atoms with van der Waals surface area (Å²) >= 11 is 0. The number of rotatable bonds is 6. The fourth-order valence-electron chi connectivity index (χ4n) is 2.95. The number of likely N-dealkylation sites (N-methyl/N-ethyl adjacent to an activating group) is 1. The molecule has 1 saturated heterocycles. The molecule has 1 heterocycles. The van der Waals surface area contributed by atoms with Crippen molar-refractivity contribution in [3.05, 3.63) is 23.8 Å². The Hall–Kier alpha value is -1.80. The normalized spacial score (nSPS) is 18.4. The van der Waals surface area contributed by atoms with Crippen molar-refractivity contribution in [2.45, 2.75) is 25.4 Å². The number of carbonyl (C=O) groups is 1. The van der Waals surface area contributed by atoms with Gasteiger partial charge in [0.05, 0.1) is 20.5 Å². The van der Waals surface area contributed by atoms with E-state index in [4.69, 9.17) is 9.47 Å². The highest BCUT2D eigenvalue weighted by molar-refractivity contribution is 7.88. The monoisotopic (exact) mass is 356 g/mol. The molecule has 0 aliphatic carbocycles. The molecule has 0 spiro atoms. The van der Waals surface area contributed by atoms with Gasteiger partial charge in [-0.1, -0.05) is 0 Å². The quantitative estimate of drug-likeness (QED) is 0.762. The molecule has 1 aliphatic heterocycles. The summed E-state index contributed by atoms with van der Waals surface area (Å²) in [6.45, 7) is 0.731. The fourth-order valence-corrected chi connectivity index (χ4v) is 4.07. The number of hydrogen-bond acceptors (Lipinski definition) is 5. The summed E-state index contributed by atoms with van der Waals surface area (Å²) in [5.41, 5.74) is 0.832. The Kier molecular flexibility index (Phi) is 5.71. The first-order valence-electron chi connectivity index (χ1n) is 7.70. The van der Waals surface area contributed by atoms with Crippen LogP contribution in [0.3, 0.4) is 0 Å². The Labute approximate surface area is 143 Å². The highest BCUT2D eigenvalue weighted by atomic mass is 32.2. The molecule has 1 aromatic rings. The van der Waals surface area contributed by atoms with Gasteiger partial charge in [0.2, 0.25) is 15.9 Å². The lowest BCUT2D eigenvalue weighted by atomic mass is 10.1. The molecule has 1 fully saturated rings. The first-order chi connectivity index (χ1) is 11.3. The van der Waals surface area contributed by atoms with Crippen LogP contribution in [0.5, 0.6) is 11.5 Å². The molecule has 1 amide bonds. The van der Waals surface area contributed by atoms with E-state index in [0.29, 0.717) is 37.4 Å². The Balaban J connectivity index is 2.15. The minimum Gasteiger partial charge on any atom is -0.497 e. The number of ether oxygens (including phenoxy) is 2. The van der Waals surface area contributed by atoms with Crippen LogP contribution in [0.15, 0.2) is 18.2 Å². The molecule has 24 heavy (non-hydrogen) atoms. The van der Waals surface area contributed by atoms with Gasteiger partial charge in [0.25, 0.3) is 0 Å². The van der Waals surface area contributed by atoms with Crippen molar-refractivity contribution in [3.63, 3.8) is 0 Å². The highest BCUT2D eigenvalue weighted by Crippen LogP contribution is 2.27. The molecule has 2 rings (SSSR count). The SMILES string of the molecule is COc1ccc(CN(C)C(=O)[C@@H]2CCCN2S(C)(=O)=O)c(OC)c1. The zero-order valence-corrected chi connectivity index (χ0v) is 15.3. The molecule has 0 unspecified atom stereocenters. The molecule has 0 saturated carbocycles. The third-order valence-electron chi connectivity index (χ3n) is 4.19. The van der Waals surface area contributed by atoms with E-state index in [1.807, 2.05) is 6.07 Å². The molecular formula is C16H24N2O5S. The molecule has 0 radical (unpaired) electrons. The van der Waals surface area contributed by atoms with Crippen molar-refractivity contribution in [3.8, 4) is 11.5 Å². The van der Waals surface area contributed by atoms with Crippen molar-refractivity contribution in [1.29, 1.82) is 0 Å². The Morgan fingerprint density at radius 2 is 2.04 bits per heavy atom. The summed E-state index contributed by atoms with van der Waals surface area (Å²) < 4.78 is 35.4. The summed E-state index contributed by atoms with van der Waals surface area (Å²) in [7, 11) is 1.42. The van der Waals surface area contributed by atoms with Crippen molar-refractivity contribution < 1.29 is 22.7 Å². The third-order valence-corrected chi connectivity index (χ3v) is 5.48. The number of methoxy groups -OCH3 is 2. The van der Waals surface area contributed by atoms with E-state index in [1.54, 1.807) is 38.3 Å². The minimum atomic E-state index is -3.38. The maximum absolute atomic E-state index is 12.7. The van der Waals surface area contributed by atoms with Crippen molar-refractivity contribution in [2.75, 3.05) is 34.1 Å². The lowest BCUT2D eigenvalue weighted by Crippen LogP contribution is -2.45. The summed E-state index contributed by atoms with van der Waals surface area (Å²) in [4.78, 5) is 14.2. The van der Waals surface area contributed by atoms with E-state index in [9.17, 15) is 13.2 Å². The van der Waals surface area contributed by atoms with Crippen LogP contribution >= 0.6 is 0 Å². The average molecular weight is 356 g/mol. The number of carbonyl (C=O) groups excluding carboxylic acids is 1. The molecule has 1 aromatic carbocycles. The number of benzene rings is 1. The fraction of sp³-hybridized carbons (Fsp3) is 0.562. The Morgan fingerprint density at radius 1 is 1.33 bits per heavy atom. The van der Waals surface area contributed by atoms with E-state index in [2.05, 4.69) is 0 Å². The van der Waals surface area contributed by atoms with Crippen molar-refractivity contribution in [2.24, 2.45) is 0 Å². The molecule has 0 bridgehead atoms. The topological polar surface area (TPSA) is 76.2 Å². The average Bonchev–Trinajstić information content (AvgIpc) is 3.04. The van der Waals surface area contributed by atoms with Crippen molar-refractivity contribution in [1.82, 2.24) is 9.21 Å². The molecule has 134 valence electrons. The molecule has 0 aromatic heterocycles. The first-order valence-corrected chi connectivity index (χ1v) is 9.55. The van der Waals surface area contributed by atoms with Crippen LogP contribution in [0.4, 0.5) is 0 Å². The number of nitrogens with zero attached hydrogens (tertiary/aromatic N) is 2. The molecule has 8 heteroatoms. The minimum absolute atomic E-state index is 0.198. The summed E-state index contributed by atoms with van der Waals surface area (Å²) in [6, 6.07) is 4.78. The lowest BCUT2D eigenvalue weighted by Gasteiger charge is -2.27. The number of hydrogen-bond donors (Lipinski definition) is 0. The zero-order valence-electron chi connectivity index (χ0n) is 14.5. The van der Waals surface area contributed by atoms with Crippen LogP contribution in [-0.4, -0.2) is 63.6 Å². The zero-order chi connectivity index (χ0) is 17.9. The summed E-state index contributed by atoms with van der Waals surface area (Å²) in [6.07, 6.45) is 2.39. The Bertz CT molecular complexity index is 704. The van der Waals surface area contributed by atoms with E-state index in [0.717, 1.165) is 11.8 Å². The van der Waals surface area contributed by atoms with Crippen LogP contribution in [0.25, 0.3) is 0 Å². The second-order valence-electron chi connectivity index (χ2n) is 5.90. The summed E-state index contributed by atoms with van der Waals surface area (Å²) in [5, 5.41) is 0. The van der Waals surface area contributed by atoms with Crippen molar-refractivity contribution >= 4 is 15.9 Å². The van der Waals surface area contributed by atoms with E-state index < -0.39 is 16.1 Å². The van der Waals surface area contributed by atoms with Gasteiger partial charge < -0.3 is 14.4 Å². The lowest BCUT2D eigenvalue weighted by molar-refractivity contribution is -0.133. The second-order valence-corrected chi connectivity index (χ2v) is 7.84. The Morgan fingerprint density at radius 3 is 2.62 bits per heavy atom. The molecule has 1 aliphatic rings. The second kappa shape index (κ2) is 7.40. The van der Waals surface area contributed by atoms with Gasteiger partial charge in [-0.25, -0.2) is 8.42 Å². The van der Waals surface area contributed by atoms with Gasteiger partial charge in [0, 0.05) is 31.8 Å². The molecular weight excluding hydrogens is 332 g/mol. The molecule has 7 nitrogen and oxygen atoms in total. The predicted molar refractivity (Wildman–Crippen MR) is 90.6 cm³/mol. The molecule has 0 N–H and O–H groups in total. The van der Waals surface area contributed by atoms with E-state index in [1.165, 1.54) is 4.31 Å². The standard InChI is InChI=1S/C16H24N2O5S/c1-17(11-12-7-8-13(22-2)10-15(12)23-3)16(19)14-6-5-9-18(14)24(4,20)21/h7-8,10,14H,5-6,9,11H2,1-4H3/t14-/m0/s1.